The van der Waals surface area contributed by atoms with E-state index in [1.165, 1.54) is 36.3 Å². The van der Waals surface area contributed by atoms with Crippen LogP contribution in [-0.2, 0) is 6.54 Å². The number of nitrogens with zero attached hydrogens (tertiary/aromatic N) is 2. The zero-order valence-electron chi connectivity index (χ0n) is 15.1. The Balaban J connectivity index is 1.56. The Morgan fingerprint density at radius 2 is 2.11 bits per heavy atom. The van der Waals surface area contributed by atoms with E-state index in [1.807, 2.05) is 6.92 Å². The van der Waals surface area contributed by atoms with E-state index in [-0.39, 0.29) is 18.3 Å². The molecule has 5 nitrogen and oxygen atoms in total. The van der Waals surface area contributed by atoms with Gasteiger partial charge >= 0.3 is 0 Å². The number of hydrogen-bond donors (Lipinski definition) is 2. The quantitative estimate of drug-likeness (QED) is 0.683. The summed E-state index contributed by atoms with van der Waals surface area (Å²) >= 11 is 1.37. The van der Waals surface area contributed by atoms with E-state index < -0.39 is 0 Å². The van der Waals surface area contributed by atoms with Gasteiger partial charge in [0.05, 0.1) is 10.3 Å². The molecule has 2 N–H and O–H groups in total. The van der Waals surface area contributed by atoms with Crippen LogP contribution in [0, 0.1) is 12.7 Å². The smallest absolute Gasteiger partial charge is 0.261 e. The van der Waals surface area contributed by atoms with Gasteiger partial charge in [-0.3, -0.25) is 4.79 Å². The second-order valence-electron chi connectivity index (χ2n) is 6.90. The van der Waals surface area contributed by atoms with Gasteiger partial charge < -0.3 is 10.6 Å². The molecule has 1 saturated carbocycles. The predicted octanol–water partition coefficient (Wildman–Crippen LogP) is 4.42. The molecule has 3 aromatic rings. The molecule has 2 aromatic heterocycles. The molecule has 4 rings (SSSR count). The number of amides is 1. The third-order valence-electron chi connectivity index (χ3n) is 4.97. The summed E-state index contributed by atoms with van der Waals surface area (Å²) in [6.45, 7) is 2.21. The highest BCUT2D eigenvalue weighted by Gasteiger charge is 2.21. The molecule has 0 radical (unpaired) electrons. The summed E-state index contributed by atoms with van der Waals surface area (Å²) in [5, 5.41) is 7.32. The number of nitrogens with one attached hydrogen (secondary N) is 2. The summed E-state index contributed by atoms with van der Waals surface area (Å²) in [5.41, 5.74) is 1.61. The van der Waals surface area contributed by atoms with Crippen LogP contribution in [0.2, 0.25) is 0 Å². The summed E-state index contributed by atoms with van der Waals surface area (Å²) in [6.07, 6.45) is 6.32. The molecule has 1 amide bonds. The Kier molecular flexibility index (Phi) is 5.03. The number of halogens is 1. The normalized spacial score (nSPS) is 14.6. The minimum Gasteiger partial charge on any atom is -0.367 e. The van der Waals surface area contributed by atoms with Crippen molar-refractivity contribution in [1.29, 1.82) is 0 Å². The van der Waals surface area contributed by atoms with Crippen molar-refractivity contribution in [1.82, 2.24) is 15.3 Å². The number of fused-ring (bicyclic) bond motifs is 1. The molecule has 27 heavy (non-hydrogen) atoms. The lowest BCUT2D eigenvalue weighted by atomic mass is 10.1. The van der Waals surface area contributed by atoms with Crippen molar-refractivity contribution in [2.24, 2.45) is 0 Å². The SMILES string of the molecule is Cc1c(C(=O)NCc2cccc(F)c2)sc2ncnc(NC3CCCC3)c12. The van der Waals surface area contributed by atoms with Gasteiger partial charge in [0.1, 0.15) is 22.8 Å². The lowest BCUT2D eigenvalue weighted by Crippen LogP contribution is -2.22. The molecule has 0 unspecified atom stereocenters. The molecule has 1 fully saturated rings. The Bertz CT molecular complexity index is 981. The zero-order valence-corrected chi connectivity index (χ0v) is 15.9. The molecule has 0 atom stereocenters. The number of thiophene rings is 1. The van der Waals surface area contributed by atoms with Gasteiger partial charge in [0.2, 0.25) is 0 Å². The van der Waals surface area contributed by atoms with Crippen LogP contribution in [-0.4, -0.2) is 21.9 Å². The Labute approximate surface area is 161 Å². The van der Waals surface area contributed by atoms with E-state index in [9.17, 15) is 9.18 Å². The van der Waals surface area contributed by atoms with Crippen molar-refractivity contribution in [3.8, 4) is 0 Å². The van der Waals surface area contributed by atoms with Crippen LogP contribution in [0.3, 0.4) is 0 Å². The molecular formula is C20H21FN4OS. The largest absolute Gasteiger partial charge is 0.367 e. The van der Waals surface area contributed by atoms with Crippen LogP contribution < -0.4 is 10.6 Å². The van der Waals surface area contributed by atoms with Gasteiger partial charge in [-0.05, 0) is 43.0 Å². The number of rotatable bonds is 5. The molecule has 7 heteroatoms. The molecule has 0 aliphatic heterocycles. The molecule has 0 bridgehead atoms. The highest BCUT2D eigenvalue weighted by Crippen LogP contribution is 2.34. The zero-order chi connectivity index (χ0) is 18.8. The van der Waals surface area contributed by atoms with Crippen LogP contribution in [0.5, 0.6) is 0 Å². The fourth-order valence-electron chi connectivity index (χ4n) is 3.57. The Morgan fingerprint density at radius 1 is 1.30 bits per heavy atom. The van der Waals surface area contributed by atoms with Crippen LogP contribution in [0.15, 0.2) is 30.6 Å². The van der Waals surface area contributed by atoms with Gasteiger partial charge in [-0.1, -0.05) is 25.0 Å². The maximum atomic E-state index is 13.3. The van der Waals surface area contributed by atoms with Gasteiger partial charge in [-0.2, -0.15) is 0 Å². The number of aryl methyl sites for hydroxylation is 1. The molecular weight excluding hydrogens is 363 g/mol. The number of carbonyl (C=O) groups excluding carboxylic acids is 1. The van der Waals surface area contributed by atoms with Gasteiger partial charge in [-0.15, -0.1) is 11.3 Å². The molecule has 140 valence electrons. The monoisotopic (exact) mass is 384 g/mol. The van der Waals surface area contributed by atoms with Crippen molar-refractivity contribution in [3.63, 3.8) is 0 Å². The van der Waals surface area contributed by atoms with Crippen molar-refractivity contribution in [3.05, 3.63) is 52.4 Å². The third kappa shape index (κ3) is 3.78. The molecule has 1 aliphatic rings. The van der Waals surface area contributed by atoms with Crippen LogP contribution in [0.4, 0.5) is 10.2 Å². The van der Waals surface area contributed by atoms with Crippen LogP contribution in [0.25, 0.3) is 10.2 Å². The number of carbonyl (C=O) groups is 1. The van der Waals surface area contributed by atoms with Crippen molar-refractivity contribution >= 4 is 33.3 Å². The van der Waals surface area contributed by atoms with Crippen LogP contribution in [0.1, 0.15) is 46.5 Å². The lowest BCUT2D eigenvalue weighted by Gasteiger charge is -2.13. The van der Waals surface area contributed by atoms with E-state index in [0.717, 1.165) is 40.0 Å². The standard InChI is InChI=1S/C20H21FN4OS/c1-12-16-18(25-15-7-2-3-8-15)23-11-24-20(16)27-17(12)19(26)22-10-13-5-4-6-14(21)9-13/h4-6,9,11,15H,2-3,7-8,10H2,1H3,(H,22,26)(H,23,24,25). The first kappa shape index (κ1) is 17.9. The lowest BCUT2D eigenvalue weighted by molar-refractivity contribution is 0.0954. The molecule has 0 spiro atoms. The third-order valence-corrected chi connectivity index (χ3v) is 6.17. The molecule has 1 aliphatic carbocycles. The summed E-state index contributed by atoms with van der Waals surface area (Å²) in [7, 11) is 0. The van der Waals surface area contributed by atoms with E-state index in [0.29, 0.717) is 10.9 Å². The van der Waals surface area contributed by atoms with Gasteiger partial charge in [-0.25, -0.2) is 14.4 Å². The average molecular weight is 384 g/mol. The number of benzene rings is 1. The first-order valence-corrected chi connectivity index (χ1v) is 9.97. The van der Waals surface area contributed by atoms with Gasteiger partial charge in [0.15, 0.2) is 0 Å². The van der Waals surface area contributed by atoms with Gasteiger partial charge in [0.25, 0.3) is 5.91 Å². The predicted molar refractivity (Wildman–Crippen MR) is 106 cm³/mol. The fourth-order valence-corrected chi connectivity index (χ4v) is 4.64. The summed E-state index contributed by atoms with van der Waals surface area (Å²) in [6, 6.07) is 6.67. The topological polar surface area (TPSA) is 66.9 Å². The first-order chi connectivity index (χ1) is 13.1. The maximum absolute atomic E-state index is 13.3. The molecule has 2 heterocycles. The van der Waals surface area contributed by atoms with Gasteiger partial charge in [0, 0.05) is 12.6 Å². The first-order valence-electron chi connectivity index (χ1n) is 9.15. The van der Waals surface area contributed by atoms with Crippen LogP contribution >= 0.6 is 11.3 Å². The average Bonchev–Trinajstić information content (AvgIpc) is 3.28. The van der Waals surface area contributed by atoms with E-state index in [2.05, 4.69) is 20.6 Å². The summed E-state index contributed by atoms with van der Waals surface area (Å²) in [5.74, 6) is 0.328. The highest BCUT2D eigenvalue weighted by molar-refractivity contribution is 7.20. The Morgan fingerprint density at radius 3 is 2.89 bits per heavy atom. The summed E-state index contributed by atoms with van der Waals surface area (Å²) < 4.78 is 13.3. The second-order valence-corrected chi connectivity index (χ2v) is 7.90. The number of aromatic nitrogens is 2. The number of hydrogen-bond acceptors (Lipinski definition) is 5. The van der Waals surface area contributed by atoms with E-state index in [4.69, 9.17) is 0 Å². The Hall–Kier alpha value is -2.54. The fraction of sp³-hybridized carbons (Fsp3) is 0.350. The highest BCUT2D eigenvalue weighted by atomic mass is 32.1. The minimum absolute atomic E-state index is 0.174. The molecule has 1 aromatic carbocycles. The van der Waals surface area contributed by atoms with Crippen molar-refractivity contribution in [2.45, 2.75) is 45.2 Å². The minimum atomic E-state index is -0.308. The molecule has 0 saturated heterocycles. The number of anilines is 1. The van der Waals surface area contributed by atoms with Crippen molar-refractivity contribution in [2.75, 3.05) is 5.32 Å². The van der Waals surface area contributed by atoms with E-state index >= 15 is 0 Å². The second kappa shape index (κ2) is 7.60. The van der Waals surface area contributed by atoms with Crippen molar-refractivity contribution < 1.29 is 9.18 Å². The maximum Gasteiger partial charge on any atom is 0.261 e. The summed E-state index contributed by atoms with van der Waals surface area (Å²) in [4.78, 5) is 22.9. The van der Waals surface area contributed by atoms with E-state index in [1.54, 1.807) is 18.5 Å².